The van der Waals surface area contributed by atoms with E-state index in [2.05, 4.69) is 5.10 Å². The second kappa shape index (κ2) is 4.99. The molecule has 1 aromatic carbocycles. The molecule has 2 aromatic rings. The number of aryl methyl sites for hydroxylation is 1. The summed E-state index contributed by atoms with van der Waals surface area (Å²) in [5.74, 6) is 0.823. The normalized spacial score (nSPS) is 10.3. The fourth-order valence-corrected chi connectivity index (χ4v) is 2.24. The number of benzene rings is 1. The van der Waals surface area contributed by atoms with E-state index in [0.29, 0.717) is 5.56 Å². The topological polar surface area (TPSA) is 34.9 Å². The first-order valence-electron chi connectivity index (χ1n) is 4.94. The molecule has 0 fully saturated rings. The van der Waals surface area contributed by atoms with Crippen molar-refractivity contribution >= 4 is 18.0 Å². The highest BCUT2D eigenvalue weighted by Crippen LogP contribution is 2.22. The Balaban J connectivity index is 2.01. The molecule has 2 rings (SSSR count). The lowest BCUT2D eigenvalue weighted by Gasteiger charge is -1.99. The molecule has 0 atom stereocenters. The summed E-state index contributed by atoms with van der Waals surface area (Å²) in [6, 6.07) is 9.58. The molecule has 82 valence electrons. The molecule has 0 saturated heterocycles. The molecule has 0 radical (unpaired) electrons. The zero-order valence-corrected chi connectivity index (χ0v) is 9.78. The molecule has 0 aliphatic carbocycles. The van der Waals surface area contributed by atoms with Gasteiger partial charge in [-0.3, -0.25) is 9.48 Å². The summed E-state index contributed by atoms with van der Waals surface area (Å²) in [4.78, 5) is 11.7. The van der Waals surface area contributed by atoms with Crippen molar-refractivity contribution in [3.63, 3.8) is 0 Å². The summed E-state index contributed by atoms with van der Waals surface area (Å²) in [6.07, 6.45) is 2.79. The van der Waals surface area contributed by atoms with Crippen molar-refractivity contribution in [1.82, 2.24) is 9.78 Å². The van der Waals surface area contributed by atoms with Gasteiger partial charge in [0.25, 0.3) is 0 Å². The van der Waals surface area contributed by atoms with E-state index in [1.54, 1.807) is 22.5 Å². The number of hydrogen-bond donors (Lipinski definition) is 0. The fraction of sp³-hybridized carbons (Fsp3) is 0.167. The van der Waals surface area contributed by atoms with E-state index in [0.717, 1.165) is 22.6 Å². The third kappa shape index (κ3) is 2.73. The Morgan fingerprint density at radius 2 is 2.31 bits per heavy atom. The predicted molar refractivity (Wildman–Crippen MR) is 64.6 cm³/mol. The third-order valence-electron chi connectivity index (χ3n) is 2.15. The van der Waals surface area contributed by atoms with Crippen LogP contribution in [0.1, 0.15) is 16.1 Å². The third-order valence-corrected chi connectivity index (χ3v) is 3.18. The summed E-state index contributed by atoms with van der Waals surface area (Å²) < 4.78 is 1.79. The van der Waals surface area contributed by atoms with Crippen molar-refractivity contribution in [2.24, 2.45) is 7.05 Å². The maximum absolute atomic E-state index is 10.6. The van der Waals surface area contributed by atoms with Crippen molar-refractivity contribution in [2.45, 2.75) is 10.6 Å². The van der Waals surface area contributed by atoms with Crippen molar-refractivity contribution in [3.05, 3.63) is 47.8 Å². The standard InChI is InChI=1S/C12H12N2OS/c1-14-6-5-11(13-14)9-16-12-4-2-3-10(7-12)8-15/h2-8H,9H2,1H3. The van der Waals surface area contributed by atoms with E-state index in [1.807, 2.05) is 37.5 Å². The molecule has 16 heavy (non-hydrogen) atoms. The van der Waals surface area contributed by atoms with Gasteiger partial charge in [0.1, 0.15) is 6.29 Å². The molecule has 0 aliphatic heterocycles. The highest BCUT2D eigenvalue weighted by molar-refractivity contribution is 7.98. The average Bonchev–Trinajstić information content (AvgIpc) is 2.73. The Labute approximate surface area is 98.5 Å². The maximum atomic E-state index is 10.6. The number of thioether (sulfide) groups is 1. The van der Waals surface area contributed by atoms with Gasteiger partial charge in [0, 0.05) is 29.5 Å². The van der Waals surface area contributed by atoms with Gasteiger partial charge in [-0.25, -0.2) is 0 Å². The van der Waals surface area contributed by atoms with Gasteiger partial charge in [-0.05, 0) is 18.2 Å². The van der Waals surface area contributed by atoms with E-state index in [4.69, 9.17) is 0 Å². The molecule has 1 aromatic heterocycles. The molecule has 1 heterocycles. The number of carbonyl (C=O) groups is 1. The number of nitrogens with zero attached hydrogens (tertiary/aromatic N) is 2. The first-order valence-corrected chi connectivity index (χ1v) is 5.93. The van der Waals surface area contributed by atoms with Crippen molar-refractivity contribution < 1.29 is 4.79 Å². The van der Waals surface area contributed by atoms with E-state index in [9.17, 15) is 4.79 Å². The largest absolute Gasteiger partial charge is 0.298 e. The highest BCUT2D eigenvalue weighted by atomic mass is 32.2. The first kappa shape index (κ1) is 11.0. The Morgan fingerprint density at radius 1 is 1.44 bits per heavy atom. The monoisotopic (exact) mass is 232 g/mol. The summed E-state index contributed by atoms with van der Waals surface area (Å²) in [7, 11) is 1.90. The predicted octanol–water partition coefficient (Wildman–Crippen LogP) is 2.52. The van der Waals surface area contributed by atoms with E-state index in [-0.39, 0.29) is 0 Å². The first-order chi connectivity index (χ1) is 7.78. The molecule has 4 heteroatoms. The quantitative estimate of drug-likeness (QED) is 0.600. The summed E-state index contributed by atoms with van der Waals surface area (Å²) in [5.41, 5.74) is 1.76. The van der Waals surface area contributed by atoms with Crippen molar-refractivity contribution in [2.75, 3.05) is 0 Å². The smallest absolute Gasteiger partial charge is 0.150 e. The lowest BCUT2D eigenvalue weighted by molar-refractivity contribution is 0.112. The summed E-state index contributed by atoms with van der Waals surface area (Å²) >= 11 is 1.68. The summed E-state index contributed by atoms with van der Waals surface area (Å²) in [6.45, 7) is 0. The fourth-order valence-electron chi connectivity index (χ4n) is 1.38. The van der Waals surface area contributed by atoms with Crippen LogP contribution in [0.3, 0.4) is 0 Å². The van der Waals surface area contributed by atoms with Crippen LogP contribution >= 0.6 is 11.8 Å². The van der Waals surface area contributed by atoms with Gasteiger partial charge >= 0.3 is 0 Å². The minimum absolute atomic E-state index is 0.714. The Bertz CT molecular complexity index is 493. The van der Waals surface area contributed by atoms with E-state index < -0.39 is 0 Å². The molecular weight excluding hydrogens is 220 g/mol. The Hall–Kier alpha value is -1.55. The van der Waals surface area contributed by atoms with Gasteiger partial charge in [0.2, 0.25) is 0 Å². The molecule has 0 amide bonds. The second-order valence-electron chi connectivity index (χ2n) is 3.46. The van der Waals surface area contributed by atoms with E-state index >= 15 is 0 Å². The molecule has 0 N–H and O–H groups in total. The summed E-state index contributed by atoms with van der Waals surface area (Å²) in [5, 5.41) is 4.29. The van der Waals surface area contributed by atoms with E-state index in [1.165, 1.54) is 0 Å². The Morgan fingerprint density at radius 3 is 3.00 bits per heavy atom. The van der Waals surface area contributed by atoms with Crippen molar-refractivity contribution in [3.8, 4) is 0 Å². The molecule has 0 bridgehead atoms. The zero-order valence-electron chi connectivity index (χ0n) is 8.96. The Kier molecular flexibility index (Phi) is 3.41. The van der Waals surface area contributed by atoms with Crippen LogP contribution < -0.4 is 0 Å². The average molecular weight is 232 g/mol. The van der Waals surface area contributed by atoms with Crippen molar-refractivity contribution in [1.29, 1.82) is 0 Å². The number of aldehydes is 1. The minimum atomic E-state index is 0.714. The van der Waals surface area contributed by atoms with Gasteiger partial charge in [0.15, 0.2) is 0 Å². The molecule has 0 aliphatic rings. The molecule has 0 saturated carbocycles. The van der Waals surface area contributed by atoms with Crippen LogP contribution in [0.5, 0.6) is 0 Å². The molecule has 0 spiro atoms. The van der Waals surface area contributed by atoms with Crippen LogP contribution in [0.2, 0.25) is 0 Å². The number of aromatic nitrogens is 2. The van der Waals surface area contributed by atoms with Crippen LogP contribution in [0.25, 0.3) is 0 Å². The number of hydrogen-bond acceptors (Lipinski definition) is 3. The van der Waals surface area contributed by atoms with Crippen LogP contribution in [0.4, 0.5) is 0 Å². The second-order valence-corrected chi connectivity index (χ2v) is 4.51. The van der Waals surface area contributed by atoms with Gasteiger partial charge in [-0.1, -0.05) is 12.1 Å². The van der Waals surface area contributed by atoms with Gasteiger partial charge in [0.05, 0.1) is 5.69 Å². The maximum Gasteiger partial charge on any atom is 0.150 e. The lowest BCUT2D eigenvalue weighted by atomic mass is 10.2. The molecule has 0 unspecified atom stereocenters. The SMILES string of the molecule is Cn1ccc(CSc2cccc(C=O)c2)n1. The minimum Gasteiger partial charge on any atom is -0.298 e. The number of rotatable bonds is 4. The zero-order chi connectivity index (χ0) is 11.4. The van der Waals surface area contributed by atoms with Crippen LogP contribution in [-0.4, -0.2) is 16.1 Å². The van der Waals surface area contributed by atoms with Crippen LogP contribution in [0.15, 0.2) is 41.4 Å². The van der Waals surface area contributed by atoms with Gasteiger partial charge in [-0.2, -0.15) is 5.10 Å². The molecular formula is C12H12N2OS. The molecule has 3 nitrogen and oxygen atoms in total. The van der Waals surface area contributed by atoms with Crippen LogP contribution in [-0.2, 0) is 12.8 Å². The highest BCUT2D eigenvalue weighted by Gasteiger charge is 2.00. The van der Waals surface area contributed by atoms with Gasteiger partial charge in [-0.15, -0.1) is 11.8 Å². The van der Waals surface area contributed by atoms with Crippen LogP contribution in [0, 0.1) is 0 Å². The van der Waals surface area contributed by atoms with Gasteiger partial charge < -0.3 is 0 Å². The number of carbonyl (C=O) groups excluding carboxylic acids is 1. The lowest BCUT2D eigenvalue weighted by Crippen LogP contribution is -1.89.